The first-order chi connectivity index (χ1) is 8.65. The summed E-state index contributed by atoms with van der Waals surface area (Å²) in [7, 11) is 0. The van der Waals surface area contributed by atoms with E-state index in [4.69, 9.17) is 0 Å². The van der Waals surface area contributed by atoms with E-state index in [1.54, 1.807) is 23.5 Å². The summed E-state index contributed by atoms with van der Waals surface area (Å²) in [6, 6.07) is 10.0. The highest BCUT2D eigenvalue weighted by Gasteiger charge is 2.05. The third-order valence-corrected chi connectivity index (χ3v) is 4.08. The largest absolute Gasteiger partial charge is 0.508 e. The maximum Gasteiger partial charge on any atom is 0.115 e. The van der Waals surface area contributed by atoms with Crippen LogP contribution in [0.4, 0.5) is 0 Å². The van der Waals surface area contributed by atoms with Gasteiger partial charge in [0.25, 0.3) is 0 Å². The molecule has 0 aliphatic carbocycles. The van der Waals surface area contributed by atoms with E-state index in [0.717, 1.165) is 13.0 Å². The van der Waals surface area contributed by atoms with Crippen molar-refractivity contribution < 1.29 is 5.11 Å². The molecule has 1 unspecified atom stereocenters. The topological polar surface area (TPSA) is 32.3 Å². The molecule has 1 aromatic carbocycles. The van der Waals surface area contributed by atoms with Crippen LogP contribution in [0.25, 0.3) is 0 Å². The molecule has 0 aliphatic rings. The van der Waals surface area contributed by atoms with E-state index in [2.05, 4.69) is 30.6 Å². The van der Waals surface area contributed by atoms with Gasteiger partial charge in [-0.1, -0.05) is 12.1 Å². The highest BCUT2D eigenvalue weighted by molar-refractivity contribution is 7.10. The zero-order chi connectivity index (χ0) is 13.0. The van der Waals surface area contributed by atoms with E-state index in [1.165, 1.54) is 16.0 Å². The van der Waals surface area contributed by atoms with Crippen molar-refractivity contribution in [3.05, 3.63) is 51.7 Å². The lowest BCUT2D eigenvalue weighted by Crippen LogP contribution is -2.27. The number of hydrogen-bond donors (Lipinski definition) is 2. The molecule has 0 saturated carbocycles. The van der Waals surface area contributed by atoms with Gasteiger partial charge in [-0.15, -0.1) is 11.3 Å². The number of rotatable bonds is 5. The van der Waals surface area contributed by atoms with Crippen LogP contribution in [0.2, 0.25) is 0 Å². The standard InChI is InChI=1S/C15H19NOS/c1-11-7-8-18-15(11)10-16-12(2)9-13-3-5-14(17)6-4-13/h3-8,12,16-17H,9-10H2,1-2H3. The molecular formula is C15H19NOS. The Morgan fingerprint density at radius 3 is 2.56 bits per heavy atom. The van der Waals surface area contributed by atoms with Crippen molar-refractivity contribution in [3.63, 3.8) is 0 Å². The van der Waals surface area contributed by atoms with Gasteiger partial charge in [0.1, 0.15) is 5.75 Å². The molecule has 1 aromatic heterocycles. The van der Waals surface area contributed by atoms with Crippen molar-refractivity contribution in [1.29, 1.82) is 0 Å². The first-order valence-corrected chi connectivity index (χ1v) is 7.07. The Labute approximate surface area is 112 Å². The summed E-state index contributed by atoms with van der Waals surface area (Å²) in [5.74, 6) is 0.327. The first-order valence-electron chi connectivity index (χ1n) is 6.19. The molecule has 2 nitrogen and oxygen atoms in total. The molecule has 0 saturated heterocycles. The van der Waals surface area contributed by atoms with Gasteiger partial charge in [0, 0.05) is 17.5 Å². The van der Waals surface area contributed by atoms with Gasteiger partial charge >= 0.3 is 0 Å². The molecule has 0 spiro atoms. The number of benzene rings is 1. The normalized spacial score (nSPS) is 12.6. The molecule has 0 radical (unpaired) electrons. The minimum Gasteiger partial charge on any atom is -0.508 e. The summed E-state index contributed by atoms with van der Waals surface area (Å²) >= 11 is 1.80. The van der Waals surface area contributed by atoms with Gasteiger partial charge in [0.05, 0.1) is 0 Å². The van der Waals surface area contributed by atoms with Gasteiger partial charge in [-0.25, -0.2) is 0 Å². The van der Waals surface area contributed by atoms with Crippen LogP contribution in [-0.2, 0) is 13.0 Å². The quantitative estimate of drug-likeness (QED) is 0.863. The van der Waals surface area contributed by atoms with Crippen LogP contribution in [-0.4, -0.2) is 11.1 Å². The zero-order valence-corrected chi connectivity index (χ0v) is 11.6. The van der Waals surface area contributed by atoms with Crippen molar-refractivity contribution in [2.45, 2.75) is 32.9 Å². The zero-order valence-electron chi connectivity index (χ0n) is 10.8. The SMILES string of the molecule is Cc1ccsc1CNC(C)Cc1ccc(O)cc1. The number of nitrogens with one attached hydrogen (secondary N) is 1. The Balaban J connectivity index is 1.83. The molecule has 0 amide bonds. The van der Waals surface area contributed by atoms with E-state index < -0.39 is 0 Å². The lowest BCUT2D eigenvalue weighted by Gasteiger charge is -2.13. The fourth-order valence-electron chi connectivity index (χ4n) is 1.91. The fourth-order valence-corrected chi connectivity index (χ4v) is 2.77. The van der Waals surface area contributed by atoms with Gasteiger partial charge in [-0.3, -0.25) is 0 Å². The van der Waals surface area contributed by atoms with E-state index in [-0.39, 0.29) is 0 Å². The summed E-state index contributed by atoms with van der Waals surface area (Å²) < 4.78 is 0. The van der Waals surface area contributed by atoms with Crippen LogP contribution in [0.3, 0.4) is 0 Å². The van der Waals surface area contributed by atoms with E-state index in [1.807, 2.05) is 12.1 Å². The Morgan fingerprint density at radius 1 is 1.22 bits per heavy atom. The average Bonchev–Trinajstić information content (AvgIpc) is 2.75. The van der Waals surface area contributed by atoms with E-state index >= 15 is 0 Å². The van der Waals surface area contributed by atoms with Crippen LogP contribution in [0, 0.1) is 6.92 Å². The molecule has 0 bridgehead atoms. The summed E-state index contributed by atoms with van der Waals surface area (Å²) in [5.41, 5.74) is 2.61. The predicted molar refractivity (Wildman–Crippen MR) is 77.2 cm³/mol. The van der Waals surface area contributed by atoms with Crippen LogP contribution >= 0.6 is 11.3 Å². The molecule has 2 N–H and O–H groups in total. The van der Waals surface area contributed by atoms with Gasteiger partial charge in [-0.05, 0) is 55.0 Å². The van der Waals surface area contributed by atoms with Crippen LogP contribution in [0.15, 0.2) is 35.7 Å². The highest BCUT2D eigenvalue weighted by Crippen LogP contribution is 2.16. The van der Waals surface area contributed by atoms with E-state index in [0.29, 0.717) is 11.8 Å². The number of phenolic OH excluding ortho intramolecular Hbond substituents is 1. The second-order valence-corrected chi connectivity index (χ2v) is 5.68. The maximum atomic E-state index is 9.24. The molecule has 2 rings (SSSR count). The highest BCUT2D eigenvalue weighted by atomic mass is 32.1. The third-order valence-electron chi connectivity index (χ3n) is 3.06. The lowest BCUT2D eigenvalue weighted by atomic mass is 10.1. The van der Waals surface area contributed by atoms with Crippen molar-refractivity contribution in [2.75, 3.05) is 0 Å². The Bertz CT molecular complexity index is 489. The van der Waals surface area contributed by atoms with Gasteiger partial charge in [0.15, 0.2) is 0 Å². The van der Waals surface area contributed by atoms with Crippen LogP contribution in [0.5, 0.6) is 5.75 Å². The molecular weight excluding hydrogens is 242 g/mol. The summed E-state index contributed by atoms with van der Waals surface area (Å²) in [5, 5.41) is 14.9. The summed E-state index contributed by atoms with van der Waals surface area (Å²) in [4.78, 5) is 1.41. The summed E-state index contributed by atoms with van der Waals surface area (Å²) in [6.45, 7) is 5.27. The van der Waals surface area contributed by atoms with Crippen LogP contribution in [0.1, 0.15) is 22.9 Å². The predicted octanol–water partition coefficient (Wildman–Crippen LogP) is 3.48. The Kier molecular flexibility index (Phi) is 4.39. The van der Waals surface area contributed by atoms with Gasteiger partial charge in [0.2, 0.25) is 0 Å². The van der Waals surface area contributed by atoms with Crippen molar-refractivity contribution in [3.8, 4) is 5.75 Å². The fraction of sp³-hybridized carbons (Fsp3) is 0.333. The number of aryl methyl sites for hydroxylation is 1. The molecule has 1 heterocycles. The molecule has 96 valence electrons. The number of phenols is 1. The monoisotopic (exact) mass is 261 g/mol. The molecule has 3 heteroatoms. The van der Waals surface area contributed by atoms with Crippen molar-refractivity contribution in [1.82, 2.24) is 5.32 Å². The summed E-state index contributed by atoms with van der Waals surface area (Å²) in [6.07, 6.45) is 0.977. The maximum absolute atomic E-state index is 9.24. The van der Waals surface area contributed by atoms with Gasteiger partial charge < -0.3 is 10.4 Å². The van der Waals surface area contributed by atoms with Gasteiger partial charge in [-0.2, -0.15) is 0 Å². The second-order valence-electron chi connectivity index (χ2n) is 4.68. The number of thiophene rings is 1. The van der Waals surface area contributed by atoms with Crippen molar-refractivity contribution in [2.24, 2.45) is 0 Å². The minimum absolute atomic E-state index is 0.327. The van der Waals surface area contributed by atoms with E-state index in [9.17, 15) is 5.11 Å². The molecule has 0 fully saturated rings. The van der Waals surface area contributed by atoms with Crippen molar-refractivity contribution >= 4 is 11.3 Å². The first kappa shape index (κ1) is 13.1. The Morgan fingerprint density at radius 2 is 1.94 bits per heavy atom. The average molecular weight is 261 g/mol. The Hall–Kier alpha value is -1.32. The smallest absolute Gasteiger partial charge is 0.115 e. The second kappa shape index (κ2) is 6.03. The minimum atomic E-state index is 0.327. The molecule has 1 atom stereocenters. The third kappa shape index (κ3) is 3.59. The number of aromatic hydroxyl groups is 1. The molecule has 0 aliphatic heterocycles. The molecule has 18 heavy (non-hydrogen) atoms. The molecule has 2 aromatic rings. The van der Waals surface area contributed by atoms with Crippen LogP contribution < -0.4 is 5.32 Å². The lowest BCUT2D eigenvalue weighted by molar-refractivity contribution is 0.474. The number of hydrogen-bond acceptors (Lipinski definition) is 3.